The van der Waals surface area contributed by atoms with Crippen LogP contribution in [0.4, 0.5) is 0 Å². The van der Waals surface area contributed by atoms with Gasteiger partial charge in [-0.3, -0.25) is 9.69 Å². The zero-order valence-corrected chi connectivity index (χ0v) is 17.4. The molecular formula is C18H26ClN3O5S. The van der Waals surface area contributed by atoms with Crippen molar-refractivity contribution in [2.75, 3.05) is 52.1 Å². The Labute approximate surface area is 170 Å². The molecule has 28 heavy (non-hydrogen) atoms. The van der Waals surface area contributed by atoms with Crippen LogP contribution in [-0.4, -0.2) is 102 Å². The van der Waals surface area contributed by atoms with Crippen LogP contribution in [0.1, 0.15) is 5.56 Å². The summed E-state index contributed by atoms with van der Waals surface area (Å²) >= 11 is 5.86. The SMILES string of the molecule is CS(=O)(=O)N1CCN(C[C@]2(O)CN(C(=O)Cc3ccc(Cl)cc3)C[C@H]2O)CC1. The number of aliphatic hydroxyl groups excluding tert-OH is 1. The second-order valence-electron chi connectivity index (χ2n) is 7.64. The molecule has 8 nitrogen and oxygen atoms in total. The number of piperazine rings is 1. The van der Waals surface area contributed by atoms with Crippen molar-refractivity contribution in [1.82, 2.24) is 14.1 Å². The third kappa shape index (κ3) is 5.03. The predicted octanol–water partition coefficient (Wildman–Crippen LogP) is -0.606. The summed E-state index contributed by atoms with van der Waals surface area (Å²) < 4.78 is 24.6. The minimum absolute atomic E-state index is 0.0485. The van der Waals surface area contributed by atoms with Crippen molar-refractivity contribution >= 4 is 27.5 Å². The number of benzene rings is 1. The van der Waals surface area contributed by atoms with E-state index in [-0.39, 0.29) is 32.0 Å². The molecule has 0 saturated carbocycles. The van der Waals surface area contributed by atoms with Gasteiger partial charge in [-0.1, -0.05) is 23.7 Å². The molecule has 0 aliphatic carbocycles. The van der Waals surface area contributed by atoms with Crippen LogP contribution in [-0.2, 0) is 21.2 Å². The van der Waals surface area contributed by atoms with Gasteiger partial charge in [-0.05, 0) is 17.7 Å². The maximum atomic E-state index is 12.6. The smallest absolute Gasteiger partial charge is 0.227 e. The van der Waals surface area contributed by atoms with Crippen LogP contribution in [0.15, 0.2) is 24.3 Å². The molecule has 0 radical (unpaired) electrons. The highest BCUT2D eigenvalue weighted by molar-refractivity contribution is 7.88. The minimum Gasteiger partial charge on any atom is -0.388 e. The van der Waals surface area contributed by atoms with E-state index < -0.39 is 21.7 Å². The van der Waals surface area contributed by atoms with Crippen molar-refractivity contribution in [2.45, 2.75) is 18.1 Å². The molecule has 2 aliphatic rings. The fourth-order valence-corrected chi connectivity index (χ4v) is 4.67. The van der Waals surface area contributed by atoms with Gasteiger partial charge in [-0.25, -0.2) is 8.42 Å². The fourth-order valence-electron chi connectivity index (χ4n) is 3.72. The van der Waals surface area contributed by atoms with Gasteiger partial charge in [0, 0.05) is 44.3 Å². The normalized spacial score (nSPS) is 27.3. The largest absolute Gasteiger partial charge is 0.388 e. The summed E-state index contributed by atoms with van der Waals surface area (Å²) in [6.45, 7) is 1.96. The second-order valence-corrected chi connectivity index (χ2v) is 10.1. The van der Waals surface area contributed by atoms with Crippen LogP contribution in [0, 0.1) is 0 Å². The van der Waals surface area contributed by atoms with Crippen molar-refractivity contribution in [1.29, 1.82) is 0 Å². The summed E-state index contributed by atoms with van der Waals surface area (Å²) in [4.78, 5) is 16.0. The van der Waals surface area contributed by atoms with Gasteiger partial charge in [0.05, 0.1) is 19.2 Å². The van der Waals surface area contributed by atoms with Crippen LogP contribution in [0.5, 0.6) is 0 Å². The number of hydrogen-bond donors (Lipinski definition) is 2. The van der Waals surface area contributed by atoms with Crippen molar-refractivity contribution in [3.05, 3.63) is 34.9 Å². The lowest BCUT2D eigenvalue weighted by Crippen LogP contribution is -2.56. The minimum atomic E-state index is -3.22. The summed E-state index contributed by atoms with van der Waals surface area (Å²) in [7, 11) is -3.22. The van der Waals surface area contributed by atoms with Crippen LogP contribution in [0.2, 0.25) is 5.02 Å². The Hall–Kier alpha value is -1.23. The van der Waals surface area contributed by atoms with E-state index in [4.69, 9.17) is 11.6 Å². The van der Waals surface area contributed by atoms with E-state index in [2.05, 4.69) is 0 Å². The molecule has 0 aromatic heterocycles. The van der Waals surface area contributed by atoms with Gasteiger partial charge >= 0.3 is 0 Å². The van der Waals surface area contributed by atoms with E-state index in [0.717, 1.165) is 5.56 Å². The topological polar surface area (TPSA) is 101 Å². The second kappa shape index (κ2) is 8.25. The Bertz CT molecular complexity index is 811. The zero-order valence-electron chi connectivity index (χ0n) is 15.8. The summed E-state index contributed by atoms with van der Waals surface area (Å²) in [6.07, 6.45) is 0.309. The molecular weight excluding hydrogens is 406 g/mol. The van der Waals surface area contributed by atoms with Crippen molar-refractivity contribution < 1.29 is 23.4 Å². The zero-order chi connectivity index (χ0) is 20.5. The first-order valence-electron chi connectivity index (χ1n) is 9.17. The lowest BCUT2D eigenvalue weighted by Gasteiger charge is -2.38. The number of nitrogens with zero attached hydrogens (tertiary/aromatic N) is 3. The Balaban J connectivity index is 1.56. The first-order valence-corrected chi connectivity index (χ1v) is 11.4. The van der Waals surface area contributed by atoms with Crippen molar-refractivity contribution in [3.63, 3.8) is 0 Å². The Kier molecular flexibility index (Phi) is 6.33. The average Bonchev–Trinajstić information content (AvgIpc) is 2.91. The standard InChI is InChI=1S/C18H26ClN3O5S/c1-28(26,27)22-8-6-20(7-9-22)12-18(25)13-21(11-16(18)23)17(24)10-14-2-4-15(19)5-3-14/h2-5,16,23,25H,6-13H2,1H3/t16-,18+/m1/s1. The van der Waals surface area contributed by atoms with Gasteiger partial charge in [0.1, 0.15) is 11.7 Å². The molecule has 2 N–H and O–H groups in total. The molecule has 10 heteroatoms. The molecule has 156 valence electrons. The van der Waals surface area contributed by atoms with Gasteiger partial charge < -0.3 is 15.1 Å². The van der Waals surface area contributed by atoms with Gasteiger partial charge in [0.2, 0.25) is 15.9 Å². The highest BCUT2D eigenvalue weighted by atomic mass is 35.5. The molecule has 1 amide bonds. The summed E-state index contributed by atoms with van der Waals surface area (Å²) in [6, 6.07) is 6.99. The Morgan fingerprint density at radius 2 is 1.82 bits per heavy atom. The van der Waals surface area contributed by atoms with E-state index >= 15 is 0 Å². The molecule has 2 saturated heterocycles. The number of rotatable bonds is 5. The number of aliphatic hydroxyl groups is 2. The highest BCUT2D eigenvalue weighted by Gasteiger charge is 2.47. The third-order valence-electron chi connectivity index (χ3n) is 5.40. The molecule has 1 aromatic rings. The summed E-state index contributed by atoms with van der Waals surface area (Å²) in [5.74, 6) is -0.167. The van der Waals surface area contributed by atoms with Gasteiger partial charge in [0.15, 0.2) is 0 Å². The molecule has 2 aliphatic heterocycles. The first kappa shape index (κ1) is 21.5. The van der Waals surface area contributed by atoms with E-state index in [9.17, 15) is 23.4 Å². The first-order chi connectivity index (χ1) is 13.1. The quantitative estimate of drug-likeness (QED) is 0.645. The molecule has 0 bridgehead atoms. The number of β-amino-alcohol motifs (C(OH)–C–C–N with tert-alkyl or cyclic N) is 2. The predicted molar refractivity (Wildman–Crippen MR) is 106 cm³/mol. The monoisotopic (exact) mass is 431 g/mol. The lowest BCUT2D eigenvalue weighted by molar-refractivity contribution is -0.130. The number of sulfonamides is 1. The molecule has 2 heterocycles. The molecule has 2 fully saturated rings. The average molecular weight is 432 g/mol. The highest BCUT2D eigenvalue weighted by Crippen LogP contribution is 2.25. The molecule has 0 unspecified atom stereocenters. The number of halogens is 1. The number of hydrogen-bond acceptors (Lipinski definition) is 6. The molecule has 2 atom stereocenters. The summed E-state index contributed by atoms with van der Waals surface area (Å²) in [5, 5.41) is 21.9. The number of carbonyl (C=O) groups is 1. The number of carbonyl (C=O) groups excluding carboxylic acids is 1. The molecule has 0 spiro atoms. The van der Waals surface area contributed by atoms with Crippen LogP contribution in [0.3, 0.4) is 0 Å². The van der Waals surface area contributed by atoms with Crippen molar-refractivity contribution in [3.8, 4) is 0 Å². The van der Waals surface area contributed by atoms with Crippen molar-refractivity contribution in [2.24, 2.45) is 0 Å². The van der Waals surface area contributed by atoms with Crippen LogP contribution in [0.25, 0.3) is 0 Å². The molecule has 3 rings (SSSR count). The number of likely N-dealkylation sites (tertiary alicyclic amines) is 1. The van der Waals surface area contributed by atoms with Gasteiger partial charge in [-0.2, -0.15) is 4.31 Å². The fraction of sp³-hybridized carbons (Fsp3) is 0.611. The number of amides is 1. The van der Waals surface area contributed by atoms with Crippen LogP contribution < -0.4 is 0 Å². The van der Waals surface area contributed by atoms with E-state index in [0.29, 0.717) is 31.2 Å². The third-order valence-corrected chi connectivity index (χ3v) is 6.95. The molecule has 1 aromatic carbocycles. The van der Waals surface area contributed by atoms with Gasteiger partial charge in [0.25, 0.3) is 0 Å². The van der Waals surface area contributed by atoms with E-state index in [1.807, 2.05) is 4.90 Å². The lowest BCUT2D eigenvalue weighted by atomic mass is 9.99. The summed E-state index contributed by atoms with van der Waals surface area (Å²) in [5.41, 5.74) is -0.612. The van der Waals surface area contributed by atoms with E-state index in [1.54, 1.807) is 24.3 Å². The van der Waals surface area contributed by atoms with Crippen LogP contribution >= 0.6 is 11.6 Å². The maximum Gasteiger partial charge on any atom is 0.227 e. The van der Waals surface area contributed by atoms with Gasteiger partial charge in [-0.15, -0.1) is 0 Å². The van der Waals surface area contributed by atoms with E-state index in [1.165, 1.54) is 15.5 Å². The Morgan fingerprint density at radius 1 is 1.21 bits per heavy atom. The maximum absolute atomic E-state index is 12.6. The Morgan fingerprint density at radius 3 is 2.39 bits per heavy atom.